The summed E-state index contributed by atoms with van der Waals surface area (Å²) in [5.41, 5.74) is 0. The monoisotopic (exact) mass is 325 g/mol. The third kappa shape index (κ3) is 15.6. The average Bonchev–Trinajstić information content (AvgIpc) is 2.11. The third-order valence-electron chi connectivity index (χ3n) is 1.33. The molecule has 0 saturated heterocycles. The summed E-state index contributed by atoms with van der Waals surface area (Å²) in [5, 5.41) is 0. The van der Waals surface area contributed by atoms with Crippen LogP contribution in [0.5, 0.6) is 0 Å². The molecule has 0 aromatic carbocycles. The summed E-state index contributed by atoms with van der Waals surface area (Å²) in [7, 11) is -3.40. The van der Waals surface area contributed by atoms with Crippen LogP contribution in [0.25, 0.3) is 0 Å². The molecule has 0 aromatic rings. The number of sulfonamides is 1. The van der Waals surface area contributed by atoms with Crippen molar-refractivity contribution in [3.8, 4) is 0 Å². The Labute approximate surface area is 156 Å². The molecular weight excluding hydrogens is 309 g/mol. The van der Waals surface area contributed by atoms with Gasteiger partial charge in [0, 0.05) is 10.9 Å². The van der Waals surface area contributed by atoms with Gasteiger partial charge in [0.25, 0.3) is 0 Å². The van der Waals surface area contributed by atoms with E-state index in [1.54, 1.807) is 0 Å². The Morgan fingerprint density at radius 2 is 2.06 bits per heavy atom. The van der Waals surface area contributed by atoms with E-state index in [0.717, 1.165) is 0 Å². The van der Waals surface area contributed by atoms with Crippen LogP contribution in [0.2, 0.25) is 0 Å². The van der Waals surface area contributed by atoms with Gasteiger partial charge in [-0.1, -0.05) is 13.8 Å². The van der Waals surface area contributed by atoms with Gasteiger partial charge in [-0.15, -0.1) is 0 Å². The zero-order valence-corrected chi connectivity index (χ0v) is 15.8. The normalized spacial score (nSPS) is 11.0. The first-order chi connectivity index (χ1) is 7.33. The summed E-state index contributed by atoms with van der Waals surface area (Å²) in [6, 6.07) is 0. The van der Waals surface area contributed by atoms with Gasteiger partial charge in [-0.05, 0) is 5.92 Å². The fourth-order valence-corrected chi connectivity index (χ4v) is 1.73. The van der Waals surface area contributed by atoms with Gasteiger partial charge in [-0.2, -0.15) is 0 Å². The maximum absolute atomic E-state index is 11.3. The Morgan fingerprint density at radius 3 is 2.53 bits per heavy atom. The maximum atomic E-state index is 11.3. The first-order valence-corrected chi connectivity index (χ1v) is 7.19. The van der Waals surface area contributed by atoms with Crippen LogP contribution in [0.4, 0.5) is 0 Å². The summed E-state index contributed by atoms with van der Waals surface area (Å²) in [6.45, 7) is 4.56. The van der Waals surface area contributed by atoms with E-state index >= 15 is 0 Å². The van der Waals surface area contributed by atoms with Gasteiger partial charge in [0.2, 0.25) is 10.0 Å². The standard InChI is InChI=1S/C8H17NO4S3.K/c1-7(2)5-12-6-16(10,11)9-3-4-13-8(14)15;/h7,9H,3-6H2,1-2H3,(H,14,15);/q;+1/p-1. The minimum absolute atomic E-state index is 0. The Bertz CT molecular complexity index is 308. The number of hydrogen-bond acceptors (Lipinski definition) is 6. The van der Waals surface area contributed by atoms with Crippen LogP contribution in [-0.2, 0) is 32.1 Å². The molecule has 0 aliphatic carbocycles. The van der Waals surface area contributed by atoms with E-state index in [-0.39, 0.29) is 74.9 Å². The molecule has 0 aliphatic heterocycles. The van der Waals surface area contributed by atoms with Gasteiger partial charge in [0.15, 0.2) is 5.94 Å². The molecule has 0 unspecified atom stereocenters. The van der Waals surface area contributed by atoms with Crippen LogP contribution in [-0.4, -0.2) is 38.5 Å². The molecule has 96 valence electrons. The minimum Gasteiger partial charge on any atom is -0.512 e. The van der Waals surface area contributed by atoms with Crippen molar-refractivity contribution in [1.82, 2.24) is 4.72 Å². The molecule has 0 spiro atoms. The second-order valence-electron chi connectivity index (χ2n) is 3.49. The average molecular weight is 326 g/mol. The van der Waals surface area contributed by atoms with E-state index in [4.69, 9.17) is 9.47 Å². The van der Waals surface area contributed by atoms with Gasteiger partial charge in [-0.25, -0.2) is 13.1 Å². The SMILES string of the molecule is CC(C)COCS(=O)(=O)NCCOC(=S)[S-].[K+]. The summed E-state index contributed by atoms with van der Waals surface area (Å²) < 4.78 is 34.7. The number of nitrogens with one attached hydrogen (secondary N) is 1. The molecule has 5 nitrogen and oxygen atoms in total. The second kappa shape index (κ2) is 11.4. The second-order valence-corrected chi connectivity index (χ2v) is 6.24. The molecule has 0 amide bonds. The first-order valence-electron chi connectivity index (χ1n) is 4.72. The molecule has 0 atom stereocenters. The summed E-state index contributed by atoms with van der Waals surface area (Å²) >= 11 is 8.98. The Balaban J connectivity index is 0. The predicted octanol–water partition coefficient (Wildman–Crippen LogP) is -2.61. The molecular formula is C8H16KNO4S3. The molecule has 0 saturated carbocycles. The Kier molecular flexibility index (Phi) is 14.1. The summed E-state index contributed by atoms with van der Waals surface area (Å²) in [5.74, 6) is -0.0418. The van der Waals surface area contributed by atoms with Gasteiger partial charge >= 0.3 is 51.4 Å². The number of ether oxygens (including phenoxy) is 2. The van der Waals surface area contributed by atoms with Crippen molar-refractivity contribution in [2.45, 2.75) is 13.8 Å². The summed E-state index contributed by atoms with van der Waals surface area (Å²) in [6.07, 6.45) is 0. The smallest absolute Gasteiger partial charge is 0.512 e. The van der Waals surface area contributed by atoms with Gasteiger partial charge < -0.3 is 34.3 Å². The fourth-order valence-electron chi connectivity index (χ4n) is 0.767. The minimum atomic E-state index is -3.40. The molecule has 17 heavy (non-hydrogen) atoms. The fraction of sp³-hybridized carbons (Fsp3) is 0.875. The maximum Gasteiger partial charge on any atom is 1.00 e. The van der Waals surface area contributed by atoms with Crippen molar-refractivity contribution in [1.29, 1.82) is 0 Å². The van der Waals surface area contributed by atoms with Crippen molar-refractivity contribution in [2.75, 3.05) is 25.7 Å². The third-order valence-corrected chi connectivity index (χ3v) is 2.69. The van der Waals surface area contributed by atoms with Crippen molar-refractivity contribution in [2.24, 2.45) is 5.92 Å². The quantitative estimate of drug-likeness (QED) is 0.228. The van der Waals surface area contributed by atoms with E-state index in [1.165, 1.54) is 0 Å². The molecule has 0 bridgehead atoms. The van der Waals surface area contributed by atoms with Crippen LogP contribution >= 0.6 is 12.2 Å². The summed E-state index contributed by atoms with van der Waals surface area (Å²) in [4.78, 5) is 0. The Hall–Kier alpha value is 1.62. The van der Waals surface area contributed by atoms with Crippen molar-refractivity contribution < 1.29 is 69.3 Å². The van der Waals surface area contributed by atoms with Gasteiger partial charge in [0.05, 0.1) is 13.2 Å². The largest absolute Gasteiger partial charge is 1.00 e. The molecule has 0 aromatic heterocycles. The molecule has 0 rings (SSSR count). The zero-order chi connectivity index (χ0) is 12.6. The number of rotatable bonds is 8. The van der Waals surface area contributed by atoms with E-state index in [1.807, 2.05) is 13.8 Å². The van der Waals surface area contributed by atoms with E-state index in [0.29, 0.717) is 12.5 Å². The Morgan fingerprint density at radius 1 is 1.47 bits per heavy atom. The zero-order valence-electron chi connectivity index (χ0n) is 10.3. The molecule has 0 fully saturated rings. The van der Waals surface area contributed by atoms with Crippen LogP contribution < -0.4 is 56.1 Å². The molecule has 1 N–H and O–H groups in total. The van der Waals surface area contributed by atoms with Crippen molar-refractivity contribution >= 4 is 39.3 Å². The topological polar surface area (TPSA) is 64.6 Å². The number of hydrogen-bond donors (Lipinski definition) is 1. The van der Waals surface area contributed by atoms with E-state index in [9.17, 15) is 8.42 Å². The van der Waals surface area contributed by atoms with Crippen LogP contribution in [0.15, 0.2) is 0 Å². The van der Waals surface area contributed by atoms with Gasteiger partial charge in [0.1, 0.15) is 0 Å². The molecule has 9 heteroatoms. The first kappa shape index (κ1) is 20.9. The molecule has 0 radical (unpaired) electrons. The van der Waals surface area contributed by atoms with Gasteiger partial charge in [-0.3, -0.25) is 0 Å². The van der Waals surface area contributed by atoms with Crippen molar-refractivity contribution in [3.05, 3.63) is 0 Å². The molecule has 0 aliphatic rings. The number of thiocarbonyl (C=S) groups is 1. The van der Waals surface area contributed by atoms with Crippen LogP contribution in [0, 0.1) is 5.92 Å². The molecule has 0 heterocycles. The predicted molar refractivity (Wildman–Crippen MR) is 68.5 cm³/mol. The van der Waals surface area contributed by atoms with Crippen LogP contribution in [0.3, 0.4) is 0 Å². The van der Waals surface area contributed by atoms with E-state index in [2.05, 4.69) is 29.6 Å². The van der Waals surface area contributed by atoms with Crippen LogP contribution in [0.1, 0.15) is 13.8 Å². The van der Waals surface area contributed by atoms with E-state index < -0.39 is 10.0 Å². The van der Waals surface area contributed by atoms with Crippen molar-refractivity contribution in [3.63, 3.8) is 0 Å².